The van der Waals surface area contributed by atoms with Gasteiger partial charge in [-0.25, -0.2) is 9.18 Å². The van der Waals surface area contributed by atoms with Gasteiger partial charge >= 0.3 is 6.09 Å². The Labute approximate surface area is 141 Å². The van der Waals surface area contributed by atoms with Crippen molar-refractivity contribution in [3.63, 3.8) is 0 Å². The lowest BCUT2D eigenvalue weighted by atomic mass is 9.83. The molecule has 0 radical (unpaired) electrons. The normalized spacial score (nSPS) is 23.1. The molecular formula is C17H25FN4O2. The number of nitrogens with one attached hydrogen (secondary N) is 2. The molecule has 1 aromatic rings. The average molecular weight is 336 g/mol. The number of nitrogens with two attached hydrogens (primary N) is 1. The van der Waals surface area contributed by atoms with E-state index in [1.165, 1.54) is 12.1 Å². The summed E-state index contributed by atoms with van der Waals surface area (Å²) in [6.07, 6.45) is 0.374. The second-order valence-electron chi connectivity index (χ2n) is 7.53. The second kappa shape index (κ2) is 5.81. The summed E-state index contributed by atoms with van der Waals surface area (Å²) < 4.78 is 18.9. The number of carbonyl (C=O) groups excluding carboxylic acids is 1. The van der Waals surface area contributed by atoms with Crippen molar-refractivity contribution in [3.8, 4) is 0 Å². The lowest BCUT2D eigenvalue weighted by Crippen LogP contribution is -2.64. The third-order valence-electron chi connectivity index (χ3n) is 4.47. The first-order valence-electron chi connectivity index (χ1n) is 8.26. The number of benzene rings is 1. The second-order valence-corrected chi connectivity index (χ2v) is 7.53. The molecule has 1 amide bonds. The number of anilines is 2. The number of fused-ring (bicyclic) bond motifs is 1. The highest BCUT2D eigenvalue weighted by molar-refractivity contribution is 5.77. The first-order valence-corrected chi connectivity index (χ1v) is 8.26. The fourth-order valence-corrected chi connectivity index (χ4v) is 3.27. The molecule has 24 heavy (non-hydrogen) atoms. The van der Waals surface area contributed by atoms with Gasteiger partial charge in [-0.3, -0.25) is 0 Å². The van der Waals surface area contributed by atoms with E-state index in [1.807, 2.05) is 20.8 Å². The molecule has 132 valence electrons. The summed E-state index contributed by atoms with van der Waals surface area (Å²) in [6, 6.07) is 4.63. The van der Waals surface area contributed by atoms with Crippen LogP contribution in [0.25, 0.3) is 0 Å². The highest BCUT2D eigenvalue weighted by Gasteiger charge is 2.50. The highest BCUT2D eigenvalue weighted by atomic mass is 19.1. The Kier molecular flexibility index (Phi) is 4.07. The van der Waals surface area contributed by atoms with E-state index < -0.39 is 11.3 Å². The van der Waals surface area contributed by atoms with Crippen LogP contribution in [-0.2, 0) is 4.74 Å². The summed E-state index contributed by atoms with van der Waals surface area (Å²) in [6.45, 7) is 7.19. The van der Waals surface area contributed by atoms with Crippen LogP contribution in [0, 0.1) is 11.7 Å². The van der Waals surface area contributed by atoms with E-state index in [2.05, 4.69) is 10.6 Å². The van der Waals surface area contributed by atoms with Gasteiger partial charge in [0.2, 0.25) is 0 Å². The van der Waals surface area contributed by atoms with Crippen LogP contribution in [0.3, 0.4) is 0 Å². The summed E-state index contributed by atoms with van der Waals surface area (Å²) in [5.41, 5.74) is 6.43. The highest BCUT2D eigenvalue weighted by Crippen LogP contribution is 2.42. The molecular weight excluding hydrogens is 311 g/mol. The van der Waals surface area contributed by atoms with Gasteiger partial charge in [0.05, 0.1) is 11.4 Å². The number of amides is 1. The van der Waals surface area contributed by atoms with Crippen molar-refractivity contribution in [1.82, 2.24) is 4.90 Å². The third kappa shape index (κ3) is 3.13. The Morgan fingerprint density at radius 2 is 2.04 bits per heavy atom. The molecule has 3 rings (SSSR count). The maximum atomic E-state index is 13.5. The van der Waals surface area contributed by atoms with Gasteiger partial charge in [-0.2, -0.15) is 0 Å². The molecule has 0 spiro atoms. The lowest BCUT2D eigenvalue weighted by Gasteiger charge is -2.49. The molecule has 2 heterocycles. The first-order chi connectivity index (χ1) is 11.2. The van der Waals surface area contributed by atoms with Gasteiger partial charge in [0.25, 0.3) is 0 Å². The number of nitrogens with zero attached hydrogens (tertiary/aromatic N) is 1. The molecule has 0 bridgehead atoms. The quantitative estimate of drug-likeness (QED) is 0.790. The standard InChI is InChI=1S/C17H25FN4O2/c1-16(2,3)24-15(23)22-9-11(10-22)17(6-7-19)20-13-5-4-12(18)8-14(13)21-17/h4-5,8,11,20-21H,6-7,9-10,19H2,1-3H3. The van der Waals surface area contributed by atoms with E-state index in [9.17, 15) is 9.18 Å². The summed E-state index contributed by atoms with van der Waals surface area (Å²) >= 11 is 0. The van der Waals surface area contributed by atoms with Gasteiger partial charge < -0.3 is 26.0 Å². The molecule has 4 N–H and O–H groups in total. The van der Waals surface area contributed by atoms with E-state index >= 15 is 0 Å². The monoisotopic (exact) mass is 336 g/mol. The molecule has 0 aromatic heterocycles. The molecule has 0 aliphatic carbocycles. The zero-order chi connectivity index (χ0) is 17.5. The maximum absolute atomic E-state index is 13.5. The van der Waals surface area contributed by atoms with Crippen LogP contribution in [0.5, 0.6) is 0 Å². The molecule has 2 aliphatic heterocycles. The van der Waals surface area contributed by atoms with E-state index in [-0.39, 0.29) is 17.8 Å². The number of halogens is 1. The number of likely N-dealkylation sites (tertiary alicyclic amines) is 1. The number of hydrogen-bond acceptors (Lipinski definition) is 5. The SMILES string of the molecule is CC(C)(C)OC(=O)N1CC(C2(CCN)Nc3ccc(F)cc3N2)C1. The molecule has 6 nitrogen and oxygen atoms in total. The largest absolute Gasteiger partial charge is 0.444 e. The summed E-state index contributed by atoms with van der Waals surface area (Å²) in [4.78, 5) is 13.8. The Hall–Kier alpha value is -2.02. The van der Waals surface area contributed by atoms with Crippen LogP contribution in [0.4, 0.5) is 20.6 Å². The Bertz CT molecular complexity index is 640. The zero-order valence-electron chi connectivity index (χ0n) is 14.4. The number of ether oxygens (including phenoxy) is 1. The molecule has 1 aromatic carbocycles. The van der Waals surface area contributed by atoms with Crippen molar-refractivity contribution >= 4 is 17.5 Å². The Balaban J connectivity index is 1.68. The molecule has 0 saturated carbocycles. The van der Waals surface area contributed by atoms with Gasteiger partial charge in [0.15, 0.2) is 0 Å². The van der Waals surface area contributed by atoms with Gasteiger partial charge in [0, 0.05) is 25.4 Å². The van der Waals surface area contributed by atoms with E-state index in [0.717, 1.165) is 11.4 Å². The minimum atomic E-state index is -0.505. The average Bonchev–Trinajstić information content (AvgIpc) is 2.72. The van der Waals surface area contributed by atoms with Gasteiger partial charge in [-0.05, 0) is 45.5 Å². The van der Waals surface area contributed by atoms with Crippen molar-refractivity contribution in [3.05, 3.63) is 24.0 Å². The predicted octanol–water partition coefficient (Wildman–Crippen LogP) is 2.58. The van der Waals surface area contributed by atoms with Crippen molar-refractivity contribution in [1.29, 1.82) is 0 Å². The molecule has 2 aliphatic rings. The molecule has 1 unspecified atom stereocenters. The summed E-state index contributed by atoms with van der Waals surface area (Å²) in [5.74, 6) is -0.111. The molecule has 1 fully saturated rings. The Morgan fingerprint density at radius 3 is 2.67 bits per heavy atom. The summed E-state index contributed by atoms with van der Waals surface area (Å²) in [7, 11) is 0. The fourth-order valence-electron chi connectivity index (χ4n) is 3.27. The predicted molar refractivity (Wildman–Crippen MR) is 91.3 cm³/mol. The maximum Gasteiger partial charge on any atom is 0.410 e. The van der Waals surface area contributed by atoms with Crippen LogP contribution in [0.1, 0.15) is 27.2 Å². The fraction of sp³-hybridized carbons (Fsp3) is 0.588. The number of carbonyl (C=O) groups is 1. The van der Waals surface area contributed by atoms with Crippen molar-refractivity contribution in [2.45, 2.75) is 38.5 Å². The molecule has 1 atom stereocenters. The van der Waals surface area contributed by atoms with Crippen molar-refractivity contribution < 1.29 is 13.9 Å². The van der Waals surface area contributed by atoms with Gasteiger partial charge in [-0.15, -0.1) is 0 Å². The minimum absolute atomic E-state index is 0.170. The molecule has 1 saturated heterocycles. The van der Waals surface area contributed by atoms with E-state index in [0.29, 0.717) is 26.1 Å². The summed E-state index contributed by atoms with van der Waals surface area (Å²) in [5, 5.41) is 6.84. The topological polar surface area (TPSA) is 79.6 Å². The number of rotatable bonds is 3. The number of hydrogen-bond donors (Lipinski definition) is 3. The third-order valence-corrected chi connectivity index (χ3v) is 4.47. The van der Waals surface area contributed by atoms with Crippen LogP contribution in [0.15, 0.2) is 18.2 Å². The first kappa shape index (κ1) is 16.8. The molecule has 7 heteroatoms. The van der Waals surface area contributed by atoms with Gasteiger partial charge in [-0.1, -0.05) is 0 Å². The van der Waals surface area contributed by atoms with Gasteiger partial charge in [0.1, 0.15) is 17.1 Å². The van der Waals surface area contributed by atoms with E-state index in [1.54, 1.807) is 11.0 Å². The zero-order valence-corrected chi connectivity index (χ0v) is 14.4. The van der Waals surface area contributed by atoms with Crippen LogP contribution in [-0.4, -0.2) is 41.9 Å². The smallest absolute Gasteiger partial charge is 0.410 e. The van der Waals surface area contributed by atoms with Crippen LogP contribution >= 0.6 is 0 Å². The van der Waals surface area contributed by atoms with Crippen LogP contribution < -0.4 is 16.4 Å². The van der Waals surface area contributed by atoms with Crippen molar-refractivity contribution in [2.75, 3.05) is 30.3 Å². The van der Waals surface area contributed by atoms with Crippen LogP contribution in [0.2, 0.25) is 0 Å². The van der Waals surface area contributed by atoms with E-state index in [4.69, 9.17) is 10.5 Å². The Morgan fingerprint density at radius 1 is 1.38 bits per heavy atom. The minimum Gasteiger partial charge on any atom is -0.444 e. The lowest BCUT2D eigenvalue weighted by molar-refractivity contribution is -0.0102. The van der Waals surface area contributed by atoms with Crippen molar-refractivity contribution in [2.24, 2.45) is 11.7 Å².